The predicted molar refractivity (Wildman–Crippen MR) is 62.1 cm³/mol. The van der Waals surface area contributed by atoms with Gasteiger partial charge in [-0.2, -0.15) is 0 Å². The Morgan fingerprint density at radius 3 is 3.07 bits per heavy atom. The van der Waals surface area contributed by atoms with Gasteiger partial charge in [0.1, 0.15) is 5.84 Å². The first-order valence-corrected chi connectivity index (χ1v) is 5.78. The van der Waals surface area contributed by atoms with Gasteiger partial charge in [0, 0.05) is 19.2 Å². The lowest BCUT2D eigenvalue weighted by molar-refractivity contribution is 0.146. The van der Waals surface area contributed by atoms with Crippen LogP contribution in [0.4, 0.5) is 0 Å². The Hall–Kier alpha value is -1.12. The highest BCUT2D eigenvalue weighted by Gasteiger charge is 2.51. The smallest absolute Gasteiger partial charge is 0.177 e. The molecule has 0 fully saturated rings. The third kappa shape index (κ3) is 1.01. The summed E-state index contributed by atoms with van der Waals surface area (Å²) in [4.78, 5) is 11.7. The van der Waals surface area contributed by atoms with Crippen LogP contribution in [-0.2, 0) is 0 Å². The molecule has 1 aliphatic carbocycles. The van der Waals surface area contributed by atoms with Crippen molar-refractivity contribution < 1.29 is 0 Å². The van der Waals surface area contributed by atoms with Crippen LogP contribution >= 0.6 is 0 Å². The van der Waals surface area contributed by atoms with E-state index in [1.165, 1.54) is 25.0 Å². The standard InChI is InChI=1S/C12H17N3/c1-9-14-11-7-3-5-10-6-4-8-13-12(10,11)15(9)2/h7-8,10H,3-6H2,1-2H3. The summed E-state index contributed by atoms with van der Waals surface area (Å²) in [6.07, 6.45) is 9.17. The second-order valence-electron chi connectivity index (χ2n) is 4.70. The minimum atomic E-state index is -0.124. The molecule has 0 N–H and O–H groups in total. The van der Waals surface area contributed by atoms with Gasteiger partial charge in [0.05, 0.1) is 5.70 Å². The molecule has 0 saturated heterocycles. The van der Waals surface area contributed by atoms with Crippen LogP contribution in [0, 0.1) is 5.92 Å². The van der Waals surface area contributed by atoms with Crippen LogP contribution in [0.5, 0.6) is 0 Å². The minimum Gasteiger partial charge on any atom is -0.334 e. The zero-order valence-corrected chi connectivity index (χ0v) is 9.40. The Bertz CT molecular complexity index is 380. The van der Waals surface area contributed by atoms with Gasteiger partial charge >= 0.3 is 0 Å². The molecule has 3 aliphatic rings. The van der Waals surface area contributed by atoms with Crippen LogP contribution in [0.2, 0.25) is 0 Å². The van der Waals surface area contributed by atoms with Gasteiger partial charge < -0.3 is 4.90 Å². The van der Waals surface area contributed by atoms with E-state index in [4.69, 9.17) is 4.99 Å². The molecular weight excluding hydrogens is 186 g/mol. The summed E-state index contributed by atoms with van der Waals surface area (Å²) in [7, 11) is 2.13. The molecule has 2 unspecified atom stereocenters. The first-order chi connectivity index (χ1) is 7.25. The van der Waals surface area contributed by atoms with Gasteiger partial charge in [0.25, 0.3) is 0 Å². The van der Waals surface area contributed by atoms with Gasteiger partial charge in [0.15, 0.2) is 5.66 Å². The second-order valence-corrected chi connectivity index (χ2v) is 4.70. The van der Waals surface area contributed by atoms with Crippen molar-refractivity contribution in [2.24, 2.45) is 15.9 Å². The molecule has 0 aromatic carbocycles. The fourth-order valence-corrected chi connectivity index (χ4v) is 3.13. The highest BCUT2D eigenvalue weighted by Crippen LogP contribution is 2.47. The Kier molecular flexibility index (Phi) is 1.79. The average Bonchev–Trinajstić information content (AvgIpc) is 2.51. The van der Waals surface area contributed by atoms with Gasteiger partial charge in [-0.05, 0) is 32.6 Å². The zero-order valence-electron chi connectivity index (χ0n) is 9.40. The van der Waals surface area contributed by atoms with Crippen LogP contribution in [0.3, 0.4) is 0 Å². The highest BCUT2D eigenvalue weighted by atomic mass is 15.4. The number of allylic oxidation sites excluding steroid dienone is 1. The molecule has 0 radical (unpaired) electrons. The minimum absolute atomic E-state index is 0.124. The Labute approximate surface area is 90.6 Å². The number of hydrogen-bond acceptors (Lipinski definition) is 3. The quantitative estimate of drug-likeness (QED) is 0.593. The Balaban J connectivity index is 2.15. The molecule has 1 spiro atoms. The summed E-state index contributed by atoms with van der Waals surface area (Å²) in [6, 6.07) is 0. The van der Waals surface area contributed by atoms with E-state index in [0.29, 0.717) is 5.92 Å². The maximum absolute atomic E-state index is 4.79. The molecule has 0 aromatic heterocycles. The van der Waals surface area contributed by atoms with Crippen molar-refractivity contribution in [2.75, 3.05) is 7.05 Å². The van der Waals surface area contributed by atoms with E-state index in [1.807, 2.05) is 0 Å². The summed E-state index contributed by atoms with van der Waals surface area (Å²) in [5.74, 6) is 1.76. The summed E-state index contributed by atoms with van der Waals surface area (Å²) in [5, 5.41) is 0. The van der Waals surface area contributed by atoms with Crippen molar-refractivity contribution in [1.29, 1.82) is 0 Å². The number of likely N-dealkylation sites (N-methyl/N-ethyl adjacent to an activating group) is 1. The van der Waals surface area contributed by atoms with E-state index in [9.17, 15) is 0 Å². The molecule has 3 rings (SSSR count). The van der Waals surface area contributed by atoms with Crippen LogP contribution in [0.15, 0.2) is 21.8 Å². The normalized spacial score (nSPS) is 38.3. The fourth-order valence-electron chi connectivity index (χ4n) is 3.13. The first kappa shape index (κ1) is 9.13. The van der Waals surface area contributed by atoms with Crippen LogP contribution in [-0.4, -0.2) is 29.7 Å². The number of aliphatic imine (C=N–C) groups is 2. The second kappa shape index (κ2) is 2.94. The molecule has 0 bridgehead atoms. The third-order valence-corrected chi connectivity index (χ3v) is 4.01. The largest absolute Gasteiger partial charge is 0.334 e. The molecule has 0 aromatic rings. The summed E-state index contributed by atoms with van der Waals surface area (Å²) < 4.78 is 0. The lowest BCUT2D eigenvalue weighted by atomic mass is 9.77. The number of hydrogen-bond donors (Lipinski definition) is 0. The third-order valence-electron chi connectivity index (χ3n) is 4.01. The topological polar surface area (TPSA) is 28.0 Å². The molecule has 2 heterocycles. The van der Waals surface area contributed by atoms with Gasteiger partial charge in [0.2, 0.25) is 0 Å². The van der Waals surface area contributed by atoms with Gasteiger partial charge in [-0.25, -0.2) is 4.99 Å². The van der Waals surface area contributed by atoms with E-state index in [1.54, 1.807) is 0 Å². The summed E-state index contributed by atoms with van der Waals surface area (Å²) >= 11 is 0. The maximum atomic E-state index is 4.79. The average molecular weight is 203 g/mol. The number of amidine groups is 1. The van der Waals surface area contributed by atoms with Crippen LogP contribution < -0.4 is 0 Å². The molecule has 3 nitrogen and oxygen atoms in total. The van der Waals surface area contributed by atoms with Crippen LogP contribution in [0.25, 0.3) is 0 Å². The predicted octanol–water partition coefficient (Wildman–Crippen LogP) is 2.21. The Morgan fingerprint density at radius 1 is 1.40 bits per heavy atom. The fraction of sp³-hybridized carbons (Fsp3) is 0.667. The van der Waals surface area contributed by atoms with E-state index < -0.39 is 0 Å². The number of rotatable bonds is 0. The molecule has 2 atom stereocenters. The SMILES string of the molecule is CC1=NC2=CCCC3CCC=NC23N1C. The molecule has 2 aliphatic heterocycles. The van der Waals surface area contributed by atoms with E-state index in [2.05, 4.69) is 36.2 Å². The molecular formula is C12H17N3. The molecule has 0 saturated carbocycles. The monoisotopic (exact) mass is 203 g/mol. The molecule has 0 amide bonds. The van der Waals surface area contributed by atoms with Crippen molar-refractivity contribution >= 4 is 12.1 Å². The van der Waals surface area contributed by atoms with Crippen molar-refractivity contribution in [3.63, 3.8) is 0 Å². The molecule has 15 heavy (non-hydrogen) atoms. The zero-order chi connectivity index (χ0) is 10.5. The lowest BCUT2D eigenvalue weighted by Gasteiger charge is -2.44. The van der Waals surface area contributed by atoms with Gasteiger partial charge in [-0.1, -0.05) is 6.08 Å². The van der Waals surface area contributed by atoms with Gasteiger partial charge in [-0.3, -0.25) is 4.99 Å². The summed E-state index contributed by atoms with van der Waals surface area (Å²) in [6.45, 7) is 2.08. The number of nitrogens with zero attached hydrogens (tertiary/aromatic N) is 3. The summed E-state index contributed by atoms with van der Waals surface area (Å²) in [5.41, 5.74) is 1.07. The lowest BCUT2D eigenvalue weighted by Crippen LogP contribution is -2.52. The first-order valence-electron chi connectivity index (χ1n) is 5.78. The maximum Gasteiger partial charge on any atom is 0.177 e. The highest BCUT2D eigenvalue weighted by molar-refractivity contribution is 5.85. The van der Waals surface area contributed by atoms with E-state index >= 15 is 0 Å². The van der Waals surface area contributed by atoms with Crippen LogP contribution in [0.1, 0.15) is 32.6 Å². The van der Waals surface area contributed by atoms with Crippen molar-refractivity contribution in [3.8, 4) is 0 Å². The van der Waals surface area contributed by atoms with Crippen molar-refractivity contribution in [1.82, 2.24) is 4.90 Å². The van der Waals surface area contributed by atoms with Crippen molar-refractivity contribution in [3.05, 3.63) is 11.8 Å². The van der Waals surface area contributed by atoms with Gasteiger partial charge in [-0.15, -0.1) is 0 Å². The van der Waals surface area contributed by atoms with E-state index in [0.717, 1.165) is 12.3 Å². The molecule has 3 heteroatoms. The Morgan fingerprint density at radius 2 is 2.20 bits per heavy atom. The van der Waals surface area contributed by atoms with E-state index in [-0.39, 0.29) is 5.66 Å². The molecule has 80 valence electrons. The van der Waals surface area contributed by atoms with Crippen molar-refractivity contribution in [2.45, 2.75) is 38.3 Å².